The molecule has 0 fully saturated rings. The molecule has 2 rings (SSSR count). The molecule has 2 aromatic carbocycles. The van der Waals surface area contributed by atoms with Crippen LogP contribution in [-0.2, 0) is 4.79 Å². The first-order valence-electron chi connectivity index (χ1n) is 7.36. The number of rotatable bonds is 4. The number of nitrogens with one attached hydrogen (secondary N) is 2. The Kier molecular flexibility index (Phi) is 7.96. The van der Waals surface area contributed by atoms with Crippen LogP contribution in [0, 0.1) is 17.7 Å². The van der Waals surface area contributed by atoms with Crippen molar-refractivity contribution in [3.05, 3.63) is 71.0 Å². The molecular weight excluding hydrogens is 337 g/mol. The maximum atomic E-state index is 13.5. The highest BCUT2D eigenvalue weighted by molar-refractivity contribution is 5.97. The number of hydrogen-bond donors (Lipinski definition) is 4. The van der Waals surface area contributed by atoms with Gasteiger partial charge in [0, 0.05) is 17.7 Å². The average molecular weight is 357 g/mol. The molecule has 0 spiro atoms. The van der Waals surface area contributed by atoms with Crippen molar-refractivity contribution in [2.24, 2.45) is 5.73 Å². The molecule has 2 amide bonds. The summed E-state index contributed by atoms with van der Waals surface area (Å²) in [5, 5.41) is 11.0. The van der Waals surface area contributed by atoms with Crippen molar-refractivity contribution in [1.82, 2.24) is 10.8 Å². The first kappa shape index (κ1) is 20.8. The van der Waals surface area contributed by atoms with Gasteiger partial charge in [-0.3, -0.25) is 14.8 Å². The van der Waals surface area contributed by atoms with Gasteiger partial charge in [0.05, 0.1) is 5.56 Å². The molecule has 0 radical (unpaired) electrons. The Morgan fingerprint density at radius 2 is 1.77 bits per heavy atom. The SMILES string of the molecule is C.NC[C@H](NC(=O)c1ccc(C#Cc2ccccc2F)cc1)C(=O)NO. The van der Waals surface area contributed by atoms with E-state index < -0.39 is 23.7 Å². The number of benzene rings is 2. The van der Waals surface area contributed by atoms with Gasteiger partial charge >= 0.3 is 0 Å². The lowest BCUT2D eigenvalue weighted by Crippen LogP contribution is -2.50. The molecule has 0 aliphatic carbocycles. The van der Waals surface area contributed by atoms with Gasteiger partial charge in [-0.05, 0) is 36.4 Å². The molecule has 0 bridgehead atoms. The number of hydroxylamine groups is 1. The summed E-state index contributed by atoms with van der Waals surface area (Å²) in [6.45, 7) is -0.162. The molecule has 1 atom stereocenters. The lowest BCUT2D eigenvalue weighted by Gasteiger charge is -2.14. The fourth-order valence-electron chi connectivity index (χ4n) is 1.96. The highest BCUT2D eigenvalue weighted by Gasteiger charge is 2.19. The number of halogens is 1. The van der Waals surface area contributed by atoms with E-state index in [9.17, 15) is 14.0 Å². The molecule has 0 aliphatic rings. The Labute approximate surface area is 151 Å². The maximum Gasteiger partial charge on any atom is 0.267 e. The van der Waals surface area contributed by atoms with Gasteiger partial charge in [-0.15, -0.1) is 0 Å². The van der Waals surface area contributed by atoms with Crippen LogP contribution in [0.4, 0.5) is 4.39 Å². The minimum absolute atomic E-state index is 0. The van der Waals surface area contributed by atoms with E-state index in [0.717, 1.165) is 0 Å². The van der Waals surface area contributed by atoms with Crippen molar-refractivity contribution in [3.8, 4) is 11.8 Å². The molecular formula is C19H20FN3O3. The van der Waals surface area contributed by atoms with E-state index in [1.54, 1.807) is 30.3 Å². The zero-order valence-electron chi connectivity index (χ0n) is 13.1. The Hall–Kier alpha value is -3.21. The third kappa shape index (κ3) is 5.41. The topological polar surface area (TPSA) is 104 Å². The van der Waals surface area contributed by atoms with Crippen molar-refractivity contribution in [2.45, 2.75) is 13.5 Å². The second-order valence-corrected chi connectivity index (χ2v) is 5.05. The number of hydrogen-bond acceptors (Lipinski definition) is 4. The zero-order valence-corrected chi connectivity index (χ0v) is 13.1. The van der Waals surface area contributed by atoms with Crippen LogP contribution in [0.1, 0.15) is 28.9 Å². The van der Waals surface area contributed by atoms with Gasteiger partial charge in [0.2, 0.25) is 0 Å². The van der Waals surface area contributed by atoms with E-state index in [4.69, 9.17) is 10.9 Å². The molecule has 6 nitrogen and oxygen atoms in total. The van der Waals surface area contributed by atoms with Crippen LogP contribution < -0.4 is 16.5 Å². The molecule has 0 saturated heterocycles. The Morgan fingerprint density at radius 1 is 1.12 bits per heavy atom. The van der Waals surface area contributed by atoms with Crippen molar-refractivity contribution in [1.29, 1.82) is 0 Å². The lowest BCUT2D eigenvalue weighted by molar-refractivity contribution is -0.130. The van der Waals surface area contributed by atoms with Crippen molar-refractivity contribution in [3.63, 3.8) is 0 Å². The van der Waals surface area contributed by atoms with E-state index in [-0.39, 0.29) is 19.5 Å². The van der Waals surface area contributed by atoms with E-state index in [0.29, 0.717) is 11.1 Å². The third-order valence-electron chi connectivity index (χ3n) is 3.33. The van der Waals surface area contributed by atoms with Crippen LogP contribution in [0.5, 0.6) is 0 Å². The Balaban J connectivity index is 0.00000338. The Bertz CT molecular complexity index is 826. The summed E-state index contributed by atoms with van der Waals surface area (Å²) < 4.78 is 13.5. The predicted octanol–water partition coefficient (Wildman–Crippen LogP) is 1.42. The predicted molar refractivity (Wildman–Crippen MR) is 95.8 cm³/mol. The monoisotopic (exact) mass is 357 g/mol. The second-order valence-electron chi connectivity index (χ2n) is 5.05. The zero-order chi connectivity index (χ0) is 18.2. The lowest BCUT2D eigenvalue weighted by atomic mass is 10.1. The fraction of sp³-hybridized carbons (Fsp3) is 0.158. The van der Waals surface area contributed by atoms with Crippen LogP contribution in [0.25, 0.3) is 0 Å². The van der Waals surface area contributed by atoms with Crippen LogP contribution >= 0.6 is 0 Å². The van der Waals surface area contributed by atoms with E-state index in [2.05, 4.69) is 17.2 Å². The summed E-state index contributed by atoms with van der Waals surface area (Å²) in [4.78, 5) is 23.4. The molecule has 26 heavy (non-hydrogen) atoms. The molecule has 136 valence electrons. The number of carbonyl (C=O) groups is 2. The van der Waals surface area contributed by atoms with E-state index in [1.807, 2.05) is 0 Å². The van der Waals surface area contributed by atoms with Gasteiger partial charge < -0.3 is 11.1 Å². The number of amides is 2. The van der Waals surface area contributed by atoms with Gasteiger partial charge in [-0.25, -0.2) is 9.87 Å². The summed E-state index contributed by atoms with van der Waals surface area (Å²) in [6, 6.07) is 11.4. The maximum absolute atomic E-state index is 13.5. The quantitative estimate of drug-likeness (QED) is 0.377. The molecule has 2 aromatic rings. The van der Waals surface area contributed by atoms with Crippen LogP contribution in [0.3, 0.4) is 0 Å². The molecule has 0 heterocycles. The molecule has 5 N–H and O–H groups in total. The third-order valence-corrected chi connectivity index (χ3v) is 3.33. The molecule has 0 saturated carbocycles. The van der Waals surface area contributed by atoms with Crippen LogP contribution in [0.2, 0.25) is 0 Å². The minimum atomic E-state index is -1.04. The second kappa shape index (κ2) is 9.93. The first-order chi connectivity index (χ1) is 12.0. The summed E-state index contributed by atoms with van der Waals surface area (Å²) in [5.74, 6) is 3.80. The van der Waals surface area contributed by atoms with Crippen LogP contribution in [-0.4, -0.2) is 29.6 Å². The smallest absolute Gasteiger partial charge is 0.267 e. The van der Waals surface area contributed by atoms with E-state index >= 15 is 0 Å². The fourth-order valence-corrected chi connectivity index (χ4v) is 1.96. The molecule has 0 unspecified atom stereocenters. The summed E-state index contributed by atoms with van der Waals surface area (Å²) in [6.07, 6.45) is 0. The van der Waals surface area contributed by atoms with Crippen molar-refractivity contribution in [2.75, 3.05) is 6.54 Å². The van der Waals surface area contributed by atoms with Gasteiger partial charge in [0.15, 0.2) is 0 Å². The normalized spacial score (nSPS) is 10.6. The average Bonchev–Trinajstić information content (AvgIpc) is 2.65. The highest BCUT2D eigenvalue weighted by atomic mass is 19.1. The van der Waals surface area contributed by atoms with E-state index in [1.165, 1.54) is 23.7 Å². The summed E-state index contributed by atoms with van der Waals surface area (Å²) in [7, 11) is 0. The van der Waals surface area contributed by atoms with Crippen LogP contribution in [0.15, 0.2) is 48.5 Å². The minimum Gasteiger partial charge on any atom is -0.339 e. The van der Waals surface area contributed by atoms with Crippen molar-refractivity contribution >= 4 is 11.8 Å². The van der Waals surface area contributed by atoms with Gasteiger partial charge in [0.1, 0.15) is 11.9 Å². The highest BCUT2D eigenvalue weighted by Crippen LogP contribution is 2.07. The van der Waals surface area contributed by atoms with Crippen molar-refractivity contribution < 1.29 is 19.2 Å². The molecule has 0 aliphatic heterocycles. The van der Waals surface area contributed by atoms with Gasteiger partial charge in [-0.2, -0.15) is 0 Å². The largest absolute Gasteiger partial charge is 0.339 e. The number of carbonyl (C=O) groups excluding carboxylic acids is 2. The molecule has 0 aromatic heterocycles. The standard InChI is InChI=1S/C18H16FN3O3.CH4/c19-15-4-2-1-3-13(15)8-5-12-6-9-14(10-7-12)17(23)21-16(11-20)18(24)22-25;/h1-4,6-7,9-10,16,25H,11,20H2,(H,21,23)(H,22,24);1H4/t16-;/m0./s1. The van der Waals surface area contributed by atoms with Gasteiger partial charge in [-0.1, -0.05) is 31.4 Å². The summed E-state index contributed by atoms with van der Waals surface area (Å²) >= 11 is 0. The number of nitrogens with two attached hydrogens (primary N) is 1. The first-order valence-corrected chi connectivity index (χ1v) is 7.36. The molecule has 7 heteroatoms. The summed E-state index contributed by atoms with van der Waals surface area (Å²) in [5.41, 5.74) is 7.98. The Morgan fingerprint density at radius 3 is 2.35 bits per heavy atom. The van der Waals surface area contributed by atoms with Gasteiger partial charge in [0.25, 0.3) is 11.8 Å².